The lowest BCUT2D eigenvalue weighted by Crippen LogP contribution is -2.28. The van der Waals surface area contributed by atoms with Gasteiger partial charge in [0, 0.05) is 11.8 Å². The first-order valence-corrected chi connectivity index (χ1v) is 7.24. The Morgan fingerprint density at radius 3 is 2.73 bits per heavy atom. The number of aryl methyl sites for hydroxylation is 2. The van der Waals surface area contributed by atoms with Gasteiger partial charge in [-0.3, -0.25) is 9.20 Å². The lowest BCUT2D eigenvalue weighted by atomic mass is 10.1. The fourth-order valence-electron chi connectivity index (χ4n) is 2.38. The number of carbonyl (C=O) groups is 1. The van der Waals surface area contributed by atoms with Crippen LogP contribution in [0.25, 0.3) is 5.65 Å². The number of aromatic nitrogens is 3. The van der Waals surface area contributed by atoms with Crippen molar-refractivity contribution in [3.05, 3.63) is 65.1 Å². The Labute approximate surface area is 129 Å². The number of hydrogen-bond acceptors (Lipinski definition) is 3. The van der Waals surface area contributed by atoms with Crippen molar-refractivity contribution >= 4 is 11.6 Å². The highest BCUT2D eigenvalue weighted by Gasteiger charge is 2.16. The van der Waals surface area contributed by atoms with Gasteiger partial charge in [-0.2, -0.15) is 0 Å². The summed E-state index contributed by atoms with van der Waals surface area (Å²) in [5.74, 6) is 0.607. The fourth-order valence-corrected chi connectivity index (χ4v) is 2.38. The quantitative estimate of drug-likeness (QED) is 0.808. The number of rotatable bonds is 3. The number of carbonyl (C=O) groups excluding carboxylic acids is 1. The van der Waals surface area contributed by atoms with E-state index in [1.807, 2.05) is 67.8 Å². The Hall–Kier alpha value is -2.69. The first-order valence-electron chi connectivity index (χ1n) is 7.24. The Balaban J connectivity index is 1.82. The van der Waals surface area contributed by atoms with Crippen LogP contribution in [-0.4, -0.2) is 20.5 Å². The molecule has 1 aromatic carbocycles. The predicted molar refractivity (Wildman–Crippen MR) is 84.8 cm³/mol. The predicted octanol–water partition coefficient (Wildman–Crippen LogP) is 2.84. The Morgan fingerprint density at radius 1 is 1.14 bits per heavy atom. The summed E-state index contributed by atoms with van der Waals surface area (Å²) in [5, 5.41) is 11.3. The van der Waals surface area contributed by atoms with Crippen LogP contribution in [0.5, 0.6) is 0 Å². The maximum atomic E-state index is 12.4. The molecule has 0 fully saturated rings. The fraction of sp³-hybridized carbons (Fsp3) is 0.235. The van der Waals surface area contributed by atoms with Gasteiger partial charge in [0.15, 0.2) is 11.5 Å². The molecule has 5 heteroatoms. The third-order valence-corrected chi connectivity index (χ3v) is 3.84. The molecule has 5 nitrogen and oxygen atoms in total. The monoisotopic (exact) mass is 294 g/mol. The highest BCUT2D eigenvalue weighted by Crippen LogP contribution is 2.14. The molecule has 2 aromatic heterocycles. The number of benzene rings is 1. The van der Waals surface area contributed by atoms with Crippen LogP contribution in [0.3, 0.4) is 0 Å². The van der Waals surface area contributed by atoms with E-state index in [2.05, 4.69) is 15.5 Å². The van der Waals surface area contributed by atoms with Crippen LogP contribution in [-0.2, 0) is 0 Å². The normalized spacial score (nSPS) is 12.3. The number of nitrogens with one attached hydrogen (secondary N) is 1. The molecule has 0 aliphatic carbocycles. The van der Waals surface area contributed by atoms with Crippen LogP contribution in [0.4, 0.5) is 0 Å². The van der Waals surface area contributed by atoms with E-state index in [1.165, 1.54) is 5.56 Å². The molecule has 3 rings (SSSR count). The summed E-state index contributed by atoms with van der Waals surface area (Å²) in [7, 11) is 0. The summed E-state index contributed by atoms with van der Waals surface area (Å²) < 4.78 is 1.88. The zero-order valence-electron chi connectivity index (χ0n) is 12.9. The Morgan fingerprint density at radius 2 is 1.95 bits per heavy atom. The summed E-state index contributed by atoms with van der Waals surface area (Å²) in [4.78, 5) is 12.4. The Bertz CT molecular complexity index is 838. The second kappa shape index (κ2) is 5.60. The van der Waals surface area contributed by atoms with Crippen molar-refractivity contribution in [3.8, 4) is 0 Å². The molecular weight excluding hydrogens is 276 g/mol. The van der Waals surface area contributed by atoms with Gasteiger partial charge < -0.3 is 5.32 Å². The smallest absolute Gasteiger partial charge is 0.251 e. The minimum Gasteiger partial charge on any atom is -0.342 e. The van der Waals surface area contributed by atoms with E-state index in [9.17, 15) is 4.79 Å². The van der Waals surface area contributed by atoms with Crippen molar-refractivity contribution in [2.45, 2.75) is 26.8 Å². The van der Waals surface area contributed by atoms with Crippen molar-refractivity contribution in [1.29, 1.82) is 0 Å². The molecule has 1 amide bonds. The molecule has 0 bridgehead atoms. The van der Waals surface area contributed by atoms with Gasteiger partial charge in [-0.25, -0.2) is 0 Å². The molecule has 0 saturated heterocycles. The third-order valence-electron chi connectivity index (χ3n) is 3.84. The lowest BCUT2D eigenvalue weighted by molar-refractivity contribution is 0.0938. The SMILES string of the molecule is Cc1ccc(C(=O)N[C@H](C)c2nnc3ccccn23)cc1C. The topological polar surface area (TPSA) is 59.3 Å². The molecule has 0 spiro atoms. The highest BCUT2D eigenvalue weighted by molar-refractivity contribution is 5.94. The van der Waals surface area contributed by atoms with Gasteiger partial charge in [0.25, 0.3) is 5.91 Å². The minimum atomic E-state index is -0.230. The second-order valence-corrected chi connectivity index (χ2v) is 5.48. The first kappa shape index (κ1) is 14.3. The summed E-state index contributed by atoms with van der Waals surface area (Å²) in [6.45, 7) is 5.94. The zero-order valence-corrected chi connectivity index (χ0v) is 12.9. The molecule has 3 aromatic rings. The van der Waals surface area contributed by atoms with E-state index in [0.717, 1.165) is 11.2 Å². The van der Waals surface area contributed by atoms with Gasteiger partial charge in [-0.15, -0.1) is 10.2 Å². The zero-order chi connectivity index (χ0) is 15.7. The van der Waals surface area contributed by atoms with E-state index < -0.39 is 0 Å². The standard InChI is InChI=1S/C17H18N4O/c1-11-7-8-14(10-12(11)2)17(22)18-13(3)16-20-19-15-6-4-5-9-21(15)16/h4-10,13H,1-3H3,(H,18,22)/t13-/m1/s1. The van der Waals surface area contributed by atoms with Crippen molar-refractivity contribution in [2.75, 3.05) is 0 Å². The van der Waals surface area contributed by atoms with Crippen LogP contribution >= 0.6 is 0 Å². The molecule has 0 aliphatic heterocycles. The van der Waals surface area contributed by atoms with Crippen molar-refractivity contribution < 1.29 is 4.79 Å². The van der Waals surface area contributed by atoms with Gasteiger partial charge in [-0.1, -0.05) is 12.1 Å². The van der Waals surface area contributed by atoms with E-state index >= 15 is 0 Å². The Kier molecular flexibility index (Phi) is 3.63. The van der Waals surface area contributed by atoms with Gasteiger partial charge >= 0.3 is 0 Å². The average molecular weight is 294 g/mol. The minimum absolute atomic E-state index is 0.108. The van der Waals surface area contributed by atoms with Crippen LogP contribution < -0.4 is 5.32 Å². The third kappa shape index (κ3) is 2.57. The largest absolute Gasteiger partial charge is 0.342 e. The number of hydrogen-bond donors (Lipinski definition) is 1. The molecule has 0 unspecified atom stereocenters. The molecule has 1 N–H and O–H groups in total. The van der Waals surface area contributed by atoms with Crippen LogP contribution in [0, 0.1) is 13.8 Å². The van der Waals surface area contributed by atoms with Gasteiger partial charge in [0.1, 0.15) is 0 Å². The van der Waals surface area contributed by atoms with Crippen LogP contribution in [0.15, 0.2) is 42.6 Å². The molecule has 22 heavy (non-hydrogen) atoms. The summed E-state index contributed by atoms with van der Waals surface area (Å²) in [5.41, 5.74) is 3.70. The van der Waals surface area contributed by atoms with E-state index in [0.29, 0.717) is 11.4 Å². The maximum Gasteiger partial charge on any atom is 0.251 e. The molecule has 0 radical (unpaired) electrons. The molecular formula is C17H18N4O. The number of nitrogens with zero attached hydrogens (tertiary/aromatic N) is 3. The van der Waals surface area contributed by atoms with Crippen LogP contribution in [0.2, 0.25) is 0 Å². The summed E-state index contributed by atoms with van der Waals surface area (Å²) >= 11 is 0. The van der Waals surface area contributed by atoms with Gasteiger partial charge in [0.2, 0.25) is 0 Å². The van der Waals surface area contributed by atoms with Gasteiger partial charge in [-0.05, 0) is 56.2 Å². The molecule has 0 saturated carbocycles. The molecule has 0 aliphatic rings. The lowest BCUT2D eigenvalue weighted by Gasteiger charge is -2.13. The number of pyridine rings is 1. The van der Waals surface area contributed by atoms with Crippen molar-refractivity contribution in [1.82, 2.24) is 19.9 Å². The van der Waals surface area contributed by atoms with E-state index in [-0.39, 0.29) is 11.9 Å². The van der Waals surface area contributed by atoms with Crippen LogP contribution in [0.1, 0.15) is 40.3 Å². The maximum absolute atomic E-state index is 12.4. The van der Waals surface area contributed by atoms with E-state index in [1.54, 1.807) is 0 Å². The summed E-state index contributed by atoms with van der Waals surface area (Å²) in [6.07, 6.45) is 1.89. The second-order valence-electron chi connectivity index (χ2n) is 5.48. The highest BCUT2D eigenvalue weighted by atomic mass is 16.1. The molecule has 112 valence electrons. The number of amides is 1. The first-order chi connectivity index (χ1) is 10.6. The molecule has 1 atom stereocenters. The average Bonchev–Trinajstić information content (AvgIpc) is 2.94. The van der Waals surface area contributed by atoms with Gasteiger partial charge in [0.05, 0.1) is 6.04 Å². The van der Waals surface area contributed by atoms with Crippen molar-refractivity contribution in [3.63, 3.8) is 0 Å². The summed E-state index contributed by atoms with van der Waals surface area (Å²) in [6, 6.07) is 11.2. The molecule has 2 heterocycles. The van der Waals surface area contributed by atoms with E-state index in [4.69, 9.17) is 0 Å². The number of fused-ring (bicyclic) bond motifs is 1. The van der Waals surface area contributed by atoms with Crippen molar-refractivity contribution in [2.24, 2.45) is 0 Å².